The van der Waals surface area contributed by atoms with E-state index in [9.17, 15) is 4.79 Å². The first-order valence-corrected chi connectivity index (χ1v) is 11.7. The zero-order valence-electron chi connectivity index (χ0n) is 17.8. The smallest absolute Gasteiger partial charge is 0.310 e. The van der Waals surface area contributed by atoms with Gasteiger partial charge in [-0.05, 0) is 61.6 Å². The Bertz CT molecular complexity index is 1050. The highest BCUT2D eigenvalue weighted by Gasteiger charge is 2.23. The van der Waals surface area contributed by atoms with Gasteiger partial charge in [-0.1, -0.05) is 47.5 Å². The quantitative estimate of drug-likeness (QED) is 0.411. The molecule has 1 aromatic heterocycles. The maximum absolute atomic E-state index is 11.9. The van der Waals surface area contributed by atoms with E-state index < -0.39 is 0 Å². The van der Waals surface area contributed by atoms with Crippen molar-refractivity contribution in [1.82, 2.24) is 9.47 Å². The predicted molar refractivity (Wildman–Crippen MR) is 127 cm³/mol. The van der Waals surface area contributed by atoms with Gasteiger partial charge in [-0.3, -0.25) is 4.79 Å². The summed E-state index contributed by atoms with van der Waals surface area (Å²) in [6, 6.07) is 16.6. The van der Waals surface area contributed by atoms with Gasteiger partial charge in [-0.2, -0.15) is 0 Å². The molecular formula is C25H28Cl2N2O2. The van der Waals surface area contributed by atoms with Gasteiger partial charge in [-0.15, -0.1) is 0 Å². The average molecular weight is 459 g/mol. The van der Waals surface area contributed by atoms with Crippen molar-refractivity contribution in [2.75, 3.05) is 26.2 Å². The number of fused-ring (bicyclic) bond motifs is 1. The molecule has 4 rings (SSSR count). The molecule has 1 saturated heterocycles. The Labute approximate surface area is 193 Å². The van der Waals surface area contributed by atoms with Gasteiger partial charge in [0.1, 0.15) is 5.15 Å². The van der Waals surface area contributed by atoms with Crippen LogP contribution in [-0.2, 0) is 22.4 Å². The van der Waals surface area contributed by atoms with Crippen molar-refractivity contribution in [2.24, 2.45) is 0 Å². The van der Waals surface area contributed by atoms with Crippen LogP contribution in [0.3, 0.4) is 0 Å². The highest BCUT2D eigenvalue weighted by Crippen LogP contribution is 2.33. The summed E-state index contributed by atoms with van der Waals surface area (Å²) in [5.74, 6) is -0.195. The number of rotatable bonds is 7. The van der Waals surface area contributed by atoms with Gasteiger partial charge in [-0.25, -0.2) is 0 Å². The molecule has 1 fully saturated rings. The number of halogens is 2. The van der Waals surface area contributed by atoms with Crippen LogP contribution >= 0.6 is 23.2 Å². The Hall–Kier alpha value is -2.01. The molecule has 31 heavy (non-hydrogen) atoms. The zero-order valence-corrected chi connectivity index (χ0v) is 19.3. The Morgan fingerprint density at radius 1 is 1.06 bits per heavy atom. The van der Waals surface area contributed by atoms with E-state index in [1.807, 2.05) is 43.3 Å². The first kappa shape index (κ1) is 22.2. The second kappa shape index (κ2) is 10.1. The van der Waals surface area contributed by atoms with Crippen molar-refractivity contribution in [3.63, 3.8) is 0 Å². The minimum absolute atomic E-state index is 0.195. The molecule has 0 amide bonds. The molecule has 0 bridgehead atoms. The van der Waals surface area contributed by atoms with Crippen LogP contribution < -0.4 is 0 Å². The van der Waals surface area contributed by atoms with Crippen molar-refractivity contribution < 1.29 is 9.53 Å². The molecule has 2 heterocycles. The molecule has 4 nitrogen and oxygen atoms in total. The fourth-order valence-corrected chi connectivity index (χ4v) is 5.03. The highest BCUT2D eigenvalue weighted by atomic mass is 35.5. The third-order valence-corrected chi connectivity index (χ3v) is 6.57. The van der Waals surface area contributed by atoms with E-state index >= 15 is 0 Å². The van der Waals surface area contributed by atoms with Crippen LogP contribution in [0.25, 0.3) is 10.9 Å². The number of piperidine rings is 1. The molecule has 0 aliphatic carbocycles. The van der Waals surface area contributed by atoms with E-state index in [0.29, 0.717) is 12.6 Å². The van der Waals surface area contributed by atoms with Gasteiger partial charge in [0.15, 0.2) is 0 Å². The molecular weight excluding hydrogens is 431 g/mol. The molecule has 0 unspecified atom stereocenters. The van der Waals surface area contributed by atoms with E-state index in [0.717, 1.165) is 65.5 Å². The number of aromatic nitrogens is 1. The number of hydrogen-bond acceptors (Lipinski definition) is 3. The van der Waals surface area contributed by atoms with Gasteiger partial charge in [0.25, 0.3) is 0 Å². The van der Waals surface area contributed by atoms with Crippen molar-refractivity contribution in [1.29, 1.82) is 0 Å². The van der Waals surface area contributed by atoms with Crippen molar-refractivity contribution in [3.05, 3.63) is 69.8 Å². The van der Waals surface area contributed by atoms with Crippen molar-refractivity contribution in [2.45, 2.75) is 38.6 Å². The molecule has 1 aliphatic heterocycles. The van der Waals surface area contributed by atoms with Crippen molar-refractivity contribution in [3.8, 4) is 0 Å². The fourth-order valence-electron chi connectivity index (χ4n) is 4.47. The molecule has 3 aromatic rings. The standard InChI is InChI=1S/C25H28Cl2N2O2/c1-2-31-25(30)16-19-6-7-20-17-24(27)29(23(20)15-19)22-9-12-28(13-10-22)11-8-18-4-3-5-21(26)14-18/h3-7,14-15,17,22H,2,8-13,16H2,1H3. The van der Waals surface area contributed by atoms with Gasteiger partial charge in [0.05, 0.1) is 13.0 Å². The maximum atomic E-state index is 11.9. The lowest BCUT2D eigenvalue weighted by Gasteiger charge is -2.33. The van der Waals surface area contributed by atoms with Gasteiger partial charge >= 0.3 is 5.97 Å². The SMILES string of the molecule is CCOC(=O)Cc1ccc2cc(Cl)n(C3CCN(CCc4cccc(Cl)c4)CC3)c2c1. The Balaban J connectivity index is 1.42. The van der Waals surface area contributed by atoms with E-state index in [4.69, 9.17) is 27.9 Å². The monoisotopic (exact) mass is 458 g/mol. The molecule has 0 N–H and O–H groups in total. The van der Waals surface area contributed by atoms with Crippen LogP contribution in [0.2, 0.25) is 10.2 Å². The summed E-state index contributed by atoms with van der Waals surface area (Å²) >= 11 is 12.8. The Morgan fingerprint density at radius 3 is 2.61 bits per heavy atom. The molecule has 0 radical (unpaired) electrons. The van der Waals surface area contributed by atoms with Gasteiger partial charge in [0.2, 0.25) is 0 Å². The fraction of sp³-hybridized carbons (Fsp3) is 0.400. The highest BCUT2D eigenvalue weighted by molar-refractivity contribution is 6.31. The third-order valence-electron chi connectivity index (χ3n) is 6.04. The van der Waals surface area contributed by atoms with Crippen LogP contribution in [-0.4, -0.2) is 41.7 Å². The molecule has 0 atom stereocenters. The second-order valence-electron chi connectivity index (χ2n) is 8.16. The van der Waals surface area contributed by atoms with E-state index in [2.05, 4.69) is 21.6 Å². The first-order chi connectivity index (χ1) is 15.0. The van der Waals surface area contributed by atoms with Gasteiger partial charge < -0.3 is 14.2 Å². The number of benzene rings is 2. The predicted octanol–water partition coefficient (Wildman–Crippen LogP) is 5.93. The largest absolute Gasteiger partial charge is 0.466 e. The summed E-state index contributed by atoms with van der Waals surface area (Å²) in [6.45, 7) is 5.36. The van der Waals surface area contributed by atoms with Crippen LogP contribution in [0.1, 0.15) is 36.9 Å². The molecule has 164 valence electrons. The lowest BCUT2D eigenvalue weighted by Crippen LogP contribution is -2.36. The minimum Gasteiger partial charge on any atom is -0.466 e. The Kier molecular flexibility index (Phi) is 7.21. The summed E-state index contributed by atoms with van der Waals surface area (Å²) in [5, 5.41) is 2.68. The summed E-state index contributed by atoms with van der Waals surface area (Å²) in [5.41, 5.74) is 3.34. The molecule has 0 spiro atoms. The Morgan fingerprint density at radius 2 is 1.87 bits per heavy atom. The maximum Gasteiger partial charge on any atom is 0.310 e. The summed E-state index contributed by atoms with van der Waals surface area (Å²) in [6.07, 6.45) is 3.41. The first-order valence-electron chi connectivity index (χ1n) is 10.9. The topological polar surface area (TPSA) is 34.5 Å². The number of carbonyl (C=O) groups excluding carboxylic acids is 1. The average Bonchev–Trinajstić information content (AvgIpc) is 3.08. The van der Waals surface area contributed by atoms with E-state index in [1.54, 1.807) is 0 Å². The normalized spacial score (nSPS) is 15.5. The van der Waals surface area contributed by atoms with Crippen molar-refractivity contribution >= 4 is 40.1 Å². The number of likely N-dealkylation sites (tertiary alicyclic amines) is 1. The molecule has 2 aromatic carbocycles. The summed E-state index contributed by atoms with van der Waals surface area (Å²) in [7, 11) is 0. The van der Waals surface area contributed by atoms with Crippen LogP contribution in [0, 0.1) is 0 Å². The zero-order chi connectivity index (χ0) is 21.8. The molecule has 6 heteroatoms. The molecule has 1 aliphatic rings. The summed E-state index contributed by atoms with van der Waals surface area (Å²) < 4.78 is 7.35. The molecule has 0 saturated carbocycles. The minimum atomic E-state index is -0.195. The second-order valence-corrected chi connectivity index (χ2v) is 8.99. The van der Waals surface area contributed by atoms with E-state index in [1.165, 1.54) is 5.56 Å². The number of nitrogens with zero attached hydrogens (tertiary/aromatic N) is 2. The third kappa shape index (κ3) is 5.43. The number of carbonyl (C=O) groups is 1. The lowest BCUT2D eigenvalue weighted by atomic mass is 10.0. The number of esters is 1. The van der Waals surface area contributed by atoms with Crippen LogP contribution in [0.5, 0.6) is 0 Å². The number of ether oxygens (including phenoxy) is 1. The van der Waals surface area contributed by atoms with Crippen LogP contribution in [0.4, 0.5) is 0 Å². The lowest BCUT2D eigenvalue weighted by molar-refractivity contribution is -0.142. The number of hydrogen-bond donors (Lipinski definition) is 0. The van der Waals surface area contributed by atoms with E-state index in [-0.39, 0.29) is 12.4 Å². The van der Waals surface area contributed by atoms with Gasteiger partial charge in [0, 0.05) is 41.6 Å². The summed E-state index contributed by atoms with van der Waals surface area (Å²) in [4.78, 5) is 14.4. The van der Waals surface area contributed by atoms with Crippen LogP contribution in [0.15, 0.2) is 48.5 Å².